The van der Waals surface area contributed by atoms with E-state index in [-0.39, 0.29) is 0 Å². The van der Waals surface area contributed by atoms with Gasteiger partial charge < -0.3 is 14.2 Å². The topological polar surface area (TPSA) is 19.6 Å². The van der Waals surface area contributed by atoms with Gasteiger partial charge in [-0.15, -0.1) is 11.3 Å². The van der Waals surface area contributed by atoms with Gasteiger partial charge >= 0.3 is 0 Å². The molecule has 2 heterocycles. The summed E-state index contributed by atoms with van der Waals surface area (Å²) in [6, 6.07) is 173. The highest BCUT2D eigenvalue weighted by atomic mass is 32.1. The molecule has 4 heteroatoms. The van der Waals surface area contributed by atoms with E-state index in [1.807, 2.05) is 11.3 Å². The second-order valence-electron chi connectivity index (χ2n) is 32.1. The highest BCUT2D eigenvalue weighted by Gasteiger charge is 2.48. The molecule has 2 atom stereocenters. The fourth-order valence-electron chi connectivity index (χ4n) is 19.9. The lowest BCUT2D eigenvalue weighted by atomic mass is 9.67. The van der Waals surface area contributed by atoms with E-state index in [2.05, 4.69) is 483 Å². The Labute approximate surface area is 713 Å². The molecule has 0 amide bonds. The van der Waals surface area contributed by atoms with Gasteiger partial charge in [-0.2, -0.15) is 0 Å². The standard InChI is InChI=1S/C59H39NO.C59H39NS/c1-4-14-40(15-5-1)42-24-29-48(30-25-42)60(49-31-26-43(27-32-49)41-16-6-2-7-17-41)50-33-34-52-54-38-47(28-35-57(54)61-58(52)39-50)59(46-20-8-3-9-21-46)55-23-13-12-22-51(55)53-36-44-18-10-11-19-45(44)37-56(53)59;1-4-15-40(16-5-1)42-27-33-47(34-28-42)60(48-35-29-43(30-36-48)41-17-6-2-7-18-41)55-26-14-24-50-52-39-46(32-38-56(52)61-58(50)55)59(45-20-8-3-9-21-45)53-25-13-12-23-51(53)57-49-22-11-10-19-44(49)31-37-54(57)59/h2*1-39H. The third kappa shape index (κ3) is 11.9. The molecule has 0 fully saturated rings. The summed E-state index contributed by atoms with van der Waals surface area (Å²) in [4.78, 5) is 4.75. The number of hydrogen-bond acceptors (Lipinski definition) is 4. The second kappa shape index (κ2) is 29.9. The summed E-state index contributed by atoms with van der Waals surface area (Å²) in [5, 5.41) is 9.79. The average molecular weight is 1570 g/mol. The molecule has 2 aliphatic carbocycles. The van der Waals surface area contributed by atoms with Crippen molar-refractivity contribution in [1.29, 1.82) is 0 Å². The number of benzene rings is 20. The van der Waals surface area contributed by atoms with Crippen molar-refractivity contribution in [2.45, 2.75) is 10.8 Å². The summed E-state index contributed by atoms with van der Waals surface area (Å²) in [6.45, 7) is 0. The van der Waals surface area contributed by atoms with Crippen molar-refractivity contribution in [3.05, 3.63) is 518 Å². The lowest BCUT2D eigenvalue weighted by molar-refractivity contribution is 0.668. The maximum absolute atomic E-state index is 6.80. The molecule has 2 aromatic heterocycles. The monoisotopic (exact) mass is 1570 g/mol. The zero-order chi connectivity index (χ0) is 80.7. The Morgan fingerprint density at radius 1 is 0.205 bits per heavy atom. The van der Waals surface area contributed by atoms with E-state index in [0.29, 0.717) is 0 Å². The molecule has 2 aliphatic rings. The van der Waals surface area contributed by atoms with Crippen LogP contribution in [-0.4, -0.2) is 0 Å². The van der Waals surface area contributed by atoms with E-state index >= 15 is 0 Å². The molecule has 0 N–H and O–H groups in total. The van der Waals surface area contributed by atoms with Crippen LogP contribution in [0.5, 0.6) is 0 Å². The zero-order valence-electron chi connectivity index (χ0n) is 66.7. The lowest BCUT2D eigenvalue weighted by Crippen LogP contribution is -2.28. The number of rotatable bonds is 14. The quantitative estimate of drug-likeness (QED) is 0.108. The van der Waals surface area contributed by atoms with E-state index in [1.165, 1.54) is 159 Å². The van der Waals surface area contributed by atoms with Gasteiger partial charge in [-0.05, 0) is 236 Å². The highest BCUT2D eigenvalue weighted by Crippen LogP contribution is 2.61. The normalized spacial score (nSPS) is 14.3. The fourth-order valence-corrected chi connectivity index (χ4v) is 21.1. The molecule has 0 saturated carbocycles. The molecule has 0 aliphatic heterocycles. The van der Waals surface area contributed by atoms with E-state index in [1.54, 1.807) is 0 Å². The van der Waals surface area contributed by atoms with Crippen molar-refractivity contribution >= 4 is 109 Å². The van der Waals surface area contributed by atoms with Crippen molar-refractivity contribution in [1.82, 2.24) is 0 Å². The van der Waals surface area contributed by atoms with Crippen LogP contribution in [0.2, 0.25) is 0 Å². The Balaban J connectivity index is 0.000000142. The Kier molecular flexibility index (Phi) is 17.6. The van der Waals surface area contributed by atoms with Crippen LogP contribution in [0.25, 0.3) is 130 Å². The fraction of sp³-hybridized carbons (Fsp3) is 0.0169. The average Bonchev–Trinajstić information content (AvgIpc) is 1.53. The lowest BCUT2D eigenvalue weighted by Gasteiger charge is -2.34. The van der Waals surface area contributed by atoms with E-state index in [9.17, 15) is 0 Å². The molecular weight excluding hydrogens is 1490 g/mol. The van der Waals surface area contributed by atoms with Crippen molar-refractivity contribution in [3.63, 3.8) is 0 Å². The molecule has 0 radical (unpaired) electrons. The van der Waals surface area contributed by atoms with Gasteiger partial charge in [-0.3, -0.25) is 0 Å². The molecule has 3 nitrogen and oxygen atoms in total. The molecule has 22 aromatic rings. The maximum atomic E-state index is 6.80. The minimum Gasteiger partial charge on any atom is -0.456 e. The predicted molar refractivity (Wildman–Crippen MR) is 514 cm³/mol. The maximum Gasteiger partial charge on any atom is 0.137 e. The number of nitrogens with zero attached hydrogens (tertiary/aromatic N) is 2. The molecule has 0 saturated heterocycles. The molecule has 122 heavy (non-hydrogen) atoms. The van der Waals surface area contributed by atoms with Gasteiger partial charge in [0, 0.05) is 60.7 Å². The third-order valence-corrected chi connectivity index (χ3v) is 26.7. The van der Waals surface area contributed by atoms with Gasteiger partial charge in [-0.1, -0.05) is 364 Å². The number of furan rings is 1. The first-order valence-electron chi connectivity index (χ1n) is 42.0. The van der Waals surface area contributed by atoms with Crippen molar-refractivity contribution < 1.29 is 4.42 Å². The van der Waals surface area contributed by atoms with Gasteiger partial charge in [0.15, 0.2) is 0 Å². The molecular formula is C118H78N2OS. The van der Waals surface area contributed by atoms with Crippen LogP contribution in [0.1, 0.15) is 44.5 Å². The van der Waals surface area contributed by atoms with Crippen molar-refractivity contribution in [2.24, 2.45) is 0 Å². The molecule has 24 rings (SSSR count). The summed E-state index contributed by atoms with van der Waals surface area (Å²) in [5.41, 5.74) is 32.4. The SMILES string of the molecule is c1ccc(-c2ccc(N(c3ccc(-c4ccccc4)cc3)c3ccc4c(c3)oc3ccc(C5(c6ccccc6)c6ccccc6-c6cc7ccccc7cc65)cc34)cc2)cc1.c1ccc(-c2ccc(N(c3ccc(-c4ccccc4)cc3)c3cccc4c3sc3ccc(C5(c6ccccc6)c6ccccc6-c6c5ccc5ccccc65)cc34)cc2)cc1. The highest BCUT2D eigenvalue weighted by molar-refractivity contribution is 7.26. The Morgan fingerprint density at radius 2 is 0.623 bits per heavy atom. The van der Waals surface area contributed by atoms with Gasteiger partial charge in [0.05, 0.1) is 21.2 Å². The first-order valence-corrected chi connectivity index (χ1v) is 42.8. The second-order valence-corrected chi connectivity index (χ2v) is 33.1. The largest absolute Gasteiger partial charge is 0.456 e. The number of anilines is 6. The summed E-state index contributed by atoms with van der Waals surface area (Å²) >= 11 is 1.88. The molecule has 0 bridgehead atoms. The van der Waals surface area contributed by atoms with Crippen molar-refractivity contribution in [2.75, 3.05) is 9.80 Å². The molecule has 20 aromatic carbocycles. The van der Waals surface area contributed by atoms with Crippen LogP contribution in [0.15, 0.2) is 478 Å². The summed E-state index contributed by atoms with van der Waals surface area (Å²) < 4.78 is 9.34. The van der Waals surface area contributed by atoms with Gasteiger partial charge in [-0.25, -0.2) is 0 Å². The molecule has 2 unspecified atom stereocenters. The first kappa shape index (κ1) is 71.8. The smallest absolute Gasteiger partial charge is 0.137 e. The van der Waals surface area contributed by atoms with E-state index in [0.717, 1.165) is 50.4 Å². The molecule has 0 spiro atoms. The summed E-state index contributed by atoms with van der Waals surface area (Å²) in [6.07, 6.45) is 0. The first-order chi connectivity index (χ1) is 60.5. The number of fused-ring (bicyclic) bond motifs is 15. The van der Waals surface area contributed by atoms with Crippen LogP contribution in [-0.2, 0) is 10.8 Å². The van der Waals surface area contributed by atoms with Crippen LogP contribution >= 0.6 is 11.3 Å². The van der Waals surface area contributed by atoms with E-state index < -0.39 is 10.8 Å². The summed E-state index contributed by atoms with van der Waals surface area (Å²) in [5.74, 6) is 0. The van der Waals surface area contributed by atoms with Gasteiger partial charge in [0.2, 0.25) is 0 Å². The van der Waals surface area contributed by atoms with Gasteiger partial charge in [0.25, 0.3) is 0 Å². The number of hydrogen-bond donors (Lipinski definition) is 0. The molecule has 572 valence electrons. The minimum atomic E-state index is -0.524. The van der Waals surface area contributed by atoms with Crippen molar-refractivity contribution in [3.8, 4) is 66.8 Å². The minimum absolute atomic E-state index is 0.496. The Bertz CT molecular complexity index is 7540. The summed E-state index contributed by atoms with van der Waals surface area (Å²) in [7, 11) is 0. The van der Waals surface area contributed by atoms with Gasteiger partial charge in [0.1, 0.15) is 11.2 Å². The Morgan fingerprint density at radius 3 is 1.17 bits per heavy atom. The zero-order valence-corrected chi connectivity index (χ0v) is 67.6. The van der Waals surface area contributed by atoms with Crippen LogP contribution < -0.4 is 9.80 Å². The third-order valence-electron chi connectivity index (χ3n) is 25.5. The van der Waals surface area contributed by atoms with Crippen LogP contribution in [0, 0.1) is 0 Å². The predicted octanol–water partition coefficient (Wildman–Crippen LogP) is 32.3. The number of thiophene rings is 1. The van der Waals surface area contributed by atoms with Crippen LogP contribution in [0.4, 0.5) is 34.1 Å². The van der Waals surface area contributed by atoms with E-state index in [4.69, 9.17) is 4.42 Å². The van der Waals surface area contributed by atoms with Crippen LogP contribution in [0.3, 0.4) is 0 Å². The Hall–Kier alpha value is -15.5.